The number of nitrogens with one attached hydrogen (secondary N) is 1. The van der Waals surface area contributed by atoms with E-state index < -0.39 is 28.5 Å². The van der Waals surface area contributed by atoms with Crippen LogP contribution in [0.25, 0.3) is 0 Å². The van der Waals surface area contributed by atoms with E-state index in [0.29, 0.717) is 5.02 Å². The van der Waals surface area contributed by atoms with Gasteiger partial charge in [0.25, 0.3) is 10.0 Å². The van der Waals surface area contributed by atoms with Crippen LogP contribution >= 0.6 is 39.1 Å². The van der Waals surface area contributed by atoms with Crippen molar-refractivity contribution in [1.29, 1.82) is 0 Å². The van der Waals surface area contributed by atoms with E-state index in [1.165, 1.54) is 42.3 Å². The van der Waals surface area contributed by atoms with Crippen LogP contribution in [0.4, 0.5) is 5.69 Å². The van der Waals surface area contributed by atoms with Crippen LogP contribution in [-0.2, 0) is 32.6 Å². The van der Waals surface area contributed by atoms with Crippen molar-refractivity contribution in [3.05, 3.63) is 129 Å². The molecule has 11 heteroatoms. The van der Waals surface area contributed by atoms with Gasteiger partial charge in [0.2, 0.25) is 11.8 Å². The van der Waals surface area contributed by atoms with Crippen molar-refractivity contribution in [3.63, 3.8) is 0 Å². The number of amides is 2. The van der Waals surface area contributed by atoms with Crippen LogP contribution in [0.3, 0.4) is 0 Å². The van der Waals surface area contributed by atoms with Gasteiger partial charge in [-0.3, -0.25) is 13.9 Å². The van der Waals surface area contributed by atoms with Crippen LogP contribution in [0.1, 0.15) is 11.1 Å². The van der Waals surface area contributed by atoms with Gasteiger partial charge in [-0.1, -0.05) is 99.8 Å². The van der Waals surface area contributed by atoms with Crippen LogP contribution < -0.4 is 9.62 Å². The van der Waals surface area contributed by atoms with Gasteiger partial charge < -0.3 is 10.2 Å². The molecular formula is C31H28BrCl2N3O4S. The molecule has 2 amide bonds. The molecule has 1 N–H and O–H groups in total. The average Bonchev–Trinajstić information content (AvgIpc) is 2.99. The summed E-state index contributed by atoms with van der Waals surface area (Å²) in [4.78, 5) is 29.0. The summed E-state index contributed by atoms with van der Waals surface area (Å²) in [6.07, 6.45) is 0.218. The Labute approximate surface area is 264 Å². The number of hydrogen-bond acceptors (Lipinski definition) is 4. The molecule has 0 aliphatic heterocycles. The normalized spacial score (nSPS) is 11.9. The minimum atomic E-state index is -4.26. The Balaban J connectivity index is 1.80. The summed E-state index contributed by atoms with van der Waals surface area (Å²) in [6, 6.07) is 27.9. The molecule has 0 aliphatic rings. The van der Waals surface area contributed by atoms with Crippen molar-refractivity contribution in [1.82, 2.24) is 10.2 Å². The molecule has 0 bridgehead atoms. The van der Waals surface area contributed by atoms with Crippen LogP contribution in [0.2, 0.25) is 10.0 Å². The highest BCUT2D eigenvalue weighted by molar-refractivity contribution is 9.10. The van der Waals surface area contributed by atoms with Crippen LogP contribution in [0, 0.1) is 0 Å². The van der Waals surface area contributed by atoms with Gasteiger partial charge in [-0.25, -0.2) is 8.42 Å². The number of likely N-dealkylation sites (N-methyl/N-ethyl adjacent to an activating group) is 1. The Hall–Kier alpha value is -3.37. The van der Waals surface area contributed by atoms with E-state index >= 15 is 0 Å². The largest absolute Gasteiger partial charge is 0.357 e. The Morgan fingerprint density at radius 2 is 1.48 bits per heavy atom. The Bertz CT molecular complexity index is 1640. The summed E-state index contributed by atoms with van der Waals surface area (Å²) < 4.78 is 29.7. The van der Waals surface area contributed by atoms with Gasteiger partial charge in [-0.05, 0) is 53.6 Å². The van der Waals surface area contributed by atoms with Crippen LogP contribution in [0.15, 0.2) is 112 Å². The van der Waals surface area contributed by atoms with E-state index in [-0.39, 0.29) is 34.5 Å². The summed E-state index contributed by atoms with van der Waals surface area (Å²) in [6.45, 7) is -0.554. The lowest BCUT2D eigenvalue weighted by Gasteiger charge is -2.33. The molecule has 0 aliphatic carbocycles. The highest BCUT2D eigenvalue weighted by atomic mass is 79.9. The average molecular weight is 689 g/mol. The molecule has 0 saturated heterocycles. The molecule has 1 atom stereocenters. The zero-order valence-electron chi connectivity index (χ0n) is 22.6. The first kappa shape index (κ1) is 31.6. The highest BCUT2D eigenvalue weighted by Gasteiger charge is 2.35. The number of nitrogens with zero attached hydrogens (tertiary/aromatic N) is 2. The van der Waals surface area contributed by atoms with Crippen molar-refractivity contribution < 1.29 is 18.0 Å². The number of benzene rings is 4. The minimum absolute atomic E-state index is 0.0181. The first-order chi connectivity index (χ1) is 20.1. The van der Waals surface area contributed by atoms with Crippen LogP contribution in [-0.4, -0.2) is 44.8 Å². The zero-order valence-corrected chi connectivity index (χ0v) is 26.5. The Morgan fingerprint density at radius 3 is 2.07 bits per heavy atom. The second-order valence-corrected chi connectivity index (χ2v) is 13.0. The number of rotatable bonds is 11. The van der Waals surface area contributed by atoms with Gasteiger partial charge in [-0.2, -0.15) is 0 Å². The number of carbonyl (C=O) groups is 2. The topological polar surface area (TPSA) is 86.8 Å². The van der Waals surface area contributed by atoms with Crippen molar-refractivity contribution in [3.8, 4) is 0 Å². The molecule has 218 valence electrons. The zero-order chi connectivity index (χ0) is 30.3. The fraction of sp³-hybridized carbons (Fsp3) is 0.161. The van der Waals surface area contributed by atoms with E-state index in [1.54, 1.807) is 18.2 Å². The van der Waals surface area contributed by atoms with Crippen molar-refractivity contribution >= 4 is 66.7 Å². The second kappa shape index (κ2) is 14.2. The van der Waals surface area contributed by atoms with Gasteiger partial charge in [0.15, 0.2) is 0 Å². The van der Waals surface area contributed by atoms with Crippen molar-refractivity contribution in [2.45, 2.75) is 23.9 Å². The Morgan fingerprint density at radius 1 is 0.857 bits per heavy atom. The maximum Gasteiger partial charge on any atom is 0.264 e. The minimum Gasteiger partial charge on any atom is -0.357 e. The van der Waals surface area contributed by atoms with E-state index in [9.17, 15) is 18.0 Å². The molecule has 0 fully saturated rings. The van der Waals surface area contributed by atoms with Gasteiger partial charge in [0.1, 0.15) is 12.6 Å². The first-order valence-corrected chi connectivity index (χ1v) is 15.9. The molecule has 0 saturated carbocycles. The fourth-order valence-electron chi connectivity index (χ4n) is 4.42. The lowest BCUT2D eigenvalue weighted by molar-refractivity contribution is -0.139. The monoisotopic (exact) mass is 687 g/mol. The van der Waals surface area contributed by atoms with Gasteiger partial charge in [-0.15, -0.1) is 0 Å². The molecule has 0 heterocycles. The number of sulfonamides is 1. The molecule has 42 heavy (non-hydrogen) atoms. The summed E-state index contributed by atoms with van der Waals surface area (Å²) in [7, 11) is -2.75. The van der Waals surface area contributed by atoms with Gasteiger partial charge in [0.05, 0.1) is 15.6 Å². The van der Waals surface area contributed by atoms with E-state index in [1.807, 2.05) is 54.6 Å². The molecule has 1 unspecified atom stereocenters. The number of hydrogen-bond donors (Lipinski definition) is 1. The van der Waals surface area contributed by atoms with E-state index in [4.69, 9.17) is 23.2 Å². The third kappa shape index (κ3) is 7.72. The Kier molecular flexibility index (Phi) is 10.7. The summed E-state index contributed by atoms with van der Waals surface area (Å²) in [5.41, 5.74) is 1.69. The third-order valence-electron chi connectivity index (χ3n) is 6.57. The van der Waals surface area contributed by atoms with Crippen molar-refractivity contribution in [2.75, 3.05) is 17.9 Å². The standard InChI is InChI=1S/C31H28BrCl2N3O4S/c1-35-31(39)29(18-22-8-4-2-5-9-22)36(20-23-12-14-24(32)15-13-23)30(38)21-37(28-17-16-25(33)19-27(28)34)42(40,41)26-10-6-3-7-11-26/h2-17,19,29H,18,20-21H2,1H3,(H,35,39). The lowest BCUT2D eigenvalue weighted by atomic mass is 10.0. The predicted octanol–water partition coefficient (Wildman–Crippen LogP) is 6.34. The SMILES string of the molecule is CNC(=O)C(Cc1ccccc1)N(Cc1ccc(Br)cc1)C(=O)CN(c1ccc(Cl)cc1Cl)S(=O)(=O)c1ccccc1. The summed E-state index contributed by atoms with van der Waals surface area (Å²) in [5, 5.41) is 3.03. The fourth-order valence-corrected chi connectivity index (χ4v) is 6.70. The molecule has 0 spiro atoms. The van der Waals surface area contributed by atoms with Crippen LogP contribution in [0.5, 0.6) is 0 Å². The molecule has 4 aromatic rings. The van der Waals surface area contributed by atoms with Gasteiger partial charge >= 0.3 is 0 Å². The molecular weight excluding hydrogens is 661 g/mol. The number of halogens is 3. The second-order valence-electron chi connectivity index (χ2n) is 9.39. The molecule has 4 rings (SSSR count). The van der Waals surface area contributed by atoms with Crippen molar-refractivity contribution in [2.24, 2.45) is 0 Å². The van der Waals surface area contributed by atoms with E-state index in [2.05, 4.69) is 21.2 Å². The maximum absolute atomic E-state index is 14.3. The molecule has 0 aromatic heterocycles. The van der Waals surface area contributed by atoms with E-state index in [0.717, 1.165) is 19.9 Å². The third-order valence-corrected chi connectivity index (χ3v) is 9.41. The quantitative estimate of drug-likeness (QED) is 0.199. The maximum atomic E-state index is 14.3. The summed E-state index contributed by atoms with van der Waals surface area (Å²) >= 11 is 16.0. The molecule has 0 radical (unpaired) electrons. The number of carbonyl (C=O) groups excluding carboxylic acids is 2. The molecule has 4 aromatic carbocycles. The van der Waals surface area contributed by atoms with Gasteiger partial charge in [0, 0.05) is 29.5 Å². The lowest BCUT2D eigenvalue weighted by Crippen LogP contribution is -2.53. The number of anilines is 1. The first-order valence-electron chi connectivity index (χ1n) is 12.9. The smallest absolute Gasteiger partial charge is 0.264 e. The highest BCUT2D eigenvalue weighted by Crippen LogP contribution is 2.33. The molecule has 7 nitrogen and oxygen atoms in total. The predicted molar refractivity (Wildman–Crippen MR) is 170 cm³/mol. The summed E-state index contributed by atoms with van der Waals surface area (Å²) in [5.74, 6) is -0.973.